The summed E-state index contributed by atoms with van der Waals surface area (Å²) in [5.74, 6) is 0.827. The molecule has 1 aliphatic carbocycles. The van der Waals surface area contributed by atoms with Gasteiger partial charge in [-0.1, -0.05) is 11.6 Å². The number of hydrogen-bond acceptors (Lipinski definition) is 6. The molecule has 0 radical (unpaired) electrons. The van der Waals surface area contributed by atoms with Crippen molar-refractivity contribution in [1.82, 2.24) is 25.4 Å². The number of pyridine rings is 1. The molecule has 26 heavy (non-hydrogen) atoms. The molecule has 3 heterocycles. The maximum atomic E-state index is 12.4. The molecular formula is C18H23ClN6O. The van der Waals surface area contributed by atoms with Crippen LogP contribution in [0.1, 0.15) is 32.6 Å². The maximum Gasteiger partial charge on any atom is 0.237 e. The highest BCUT2D eigenvalue weighted by atomic mass is 35.5. The van der Waals surface area contributed by atoms with Crippen LogP contribution in [0.25, 0.3) is 10.8 Å². The zero-order valence-corrected chi connectivity index (χ0v) is 15.5. The van der Waals surface area contributed by atoms with Crippen LogP contribution in [0.15, 0.2) is 18.5 Å². The number of nitrogens with one attached hydrogen (secondary N) is 2. The van der Waals surface area contributed by atoms with E-state index >= 15 is 0 Å². The molecule has 2 atom stereocenters. The Kier molecular flexibility index (Phi) is 4.91. The molecular weight excluding hydrogens is 352 g/mol. The third-order valence-electron chi connectivity index (χ3n) is 5.18. The lowest BCUT2D eigenvalue weighted by molar-refractivity contribution is -0.126. The number of amides is 1. The SMILES string of the molecule is CC(C(=O)NC1CC1)N1CCC[C@@H](Nc2nnc(Cl)c3ccncc23)C1. The summed E-state index contributed by atoms with van der Waals surface area (Å²) in [6.07, 6.45) is 7.74. The quantitative estimate of drug-likeness (QED) is 0.835. The fourth-order valence-electron chi connectivity index (χ4n) is 3.46. The van der Waals surface area contributed by atoms with E-state index in [-0.39, 0.29) is 18.0 Å². The summed E-state index contributed by atoms with van der Waals surface area (Å²) >= 11 is 6.14. The maximum absolute atomic E-state index is 12.4. The van der Waals surface area contributed by atoms with Crippen molar-refractivity contribution >= 4 is 34.1 Å². The van der Waals surface area contributed by atoms with Crippen LogP contribution in [0.3, 0.4) is 0 Å². The van der Waals surface area contributed by atoms with Crippen LogP contribution >= 0.6 is 11.6 Å². The molecule has 1 unspecified atom stereocenters. The molecule has 2 fully saturated rings. The van der Waals surface area contributed by atoms with Gasteiger partial charge in [-0.3, -0.25) is 14.7 Å². The molecule has 0 aromatic carbocycles. The predicted octanol–water partition coefficient (Wildman–Crippen LogP) is 2.22. The van der Waals surface area contributed by atoms with Gasteiger partial charge in [0.25, 0.3) is 0 Å². The molecule has 2 aromatic heterocycles. The number of carbonyl (C=O) groups excluding carboxylic acids is 1. The van der Waals surface area contributed by atoms with E-state index in [2.05, 4.69) is 30.7 Å². The monoisotopic (exact) mass is 374 g/mol. The molecule has 2 aromatic rings. The summed E-state index contributed by atoms with van der Waals surface area (Å²) < 4.78 is 0. The molecule has 138 valence electrons. The van der Waals surface area contributed by atoms with Gasteiger partial charge in [-0.05, 0) is 45.2 Å². The smallest absolute Gasteiger partial charge is 0.237 e. The molecule has 8 heteroatoms. The standard InChI is InChI=1S/C18H23ClN6O/c1-11(18(26)22-12-4-5-12)25-8-2-3-13(10-25)21-17-15-9-20-7-6-14(15)16(19)23-24-17/h6-7,9,11-13H,2-5,8,10H2,1H3,(H,21,24)(H,22,26)/t11?,13-/m1/s1. The highest BCUT2D eigenvalue weighted by Crippen LogP contribution is 2.26. The van der Waals surface area contributed by atoms with Gasteiger partial charge in [-0.15, -0.1) is 10.2 Å². The normalized spacial score (nSPS) is 22.2. The van der Waals surface area contributed by atoms with Crippen molar-refractivity contribution in [2.45, 2.75) is 50.7 Å². The summed E-state index contributed by atoms with van der Waals surface area (Å²) in [4.78, 5) is 18.8. The molecule has 1 aliphatic heterocycles. The largest absolute Gasteiger partial charge is 0.364 e. The highest BCUT2D eigenvalue weighted by molar-refractivity contribution is 6.34. The van der Waals surface area contributed by atoms with Crippen molar-refractivity contribution in [2.24, 2.45) is 0 Å². The molecule has 0 spiro atoms. The number of fused-ring (bicyclic) bond motifs is 1. The average molecular weight is 375 g/mol. The first kappa shape index (κ1) is 17.4. The summed E-state index contributed by atoms with van der Waals surface area (Å²) in [7, 11) is 0. The number of aromatic nitrogens is 3. The Labute approximate surface area is 157 Å². The number of halogens is 1. The van der Waals surface area contributed by atoms with E-state index in [1.54, 1.807) is 12.4 Å². The van der Waals surface area contributed by atoms with E-state index < -0.39 is 0 Å². The molecule has 0 bridgehead atoms. The number of hydrogen-bond donors (Lipinski definition) is 2. The van der Waals surface area contributed by atoms with Gasteiger partial charge in [-0.2, -0.15) is 0 Å². The Hall–Kier alpha value is -1.99. The lowest BCUT2D eigenvalue weighted by Crippen LogP contribution is -2.52. The van der Waals surface area contributed by atoms with Crippen molar-refractivity contribution in [3.63, 3.8) is 0 Å². The molecule has 4 rings (SSSR count). The van der Waals surface area contributed by atoms with Crippen LogP contribution in [0.4, 0.5) is 5.82 Å². The Bertz CT molecular complexity index is 811. The second kappa shape index (κ2) is 7.32. The van der Waals surface area contributed by atoms with Gasteiger partial charge in [0.1, 0.15) is 0 Å². The highest BCUT2D eigenvalue weighted by Gasteiger charge is 2.31. The average Bonchev–Trinajstić information content (AvgIpc) is 3.48. The predicted molar refractivity (Wildman–Crippen MR) is 101 cm³/mol. The first-order chi connectivity index (χ1) is 12.6. The fraction of sp³-hybridized carbons (Fsp3) is 0.556. The van der Waals surface area contributed by atoms with E-state index in [9.17, 15) is 4.79 Å². The topological polar surface area (TPSA) is 83.0 Å². The van der Waals surface area contributed by atoms with Gasteiger partial charge in [0, 0.05) is 41.8 Å². The van der Waals surface area contributed by atoms with Crippen LogP contribution in [-0.4, -0.2) is 57.2 Å². The fourth-order valence-corrected chi connectivity index (χ4v) is 3.66. The molecule has 1 saturated carbocycles. The van der Waals surface area contributed by atoms with Crippen molar-refractivity contribution in [3.05, 3.63) is 23.6 Å². The van der Waals surface area contributed by atoms with Crippen LogP contribution < -0.4 is 10.6 Å². The van der Waals surface area contributed by atoms with E-state index in [0.29, 0.717) is 17.0 Å². The zero-order valence-electron chi connectivity index (χ0n) is 14.8. The summed E-state index contributed by atoms with van der Waals surface area (Å²) in [6, 6.07) is 2.33. The summed E-state index contributed by atoms with van der Waals surface area (Å²) in [5, 5.41) is 16.9. The van der Waals surface area contributed by atoms with Crippen molar-refractivity contribution in [1.29, 1.82) is 0 Å². The Morgan fingerprint density at radius 1 is 1.27 bits per heavy atom. The van der Waals surface area contributed by atoms with Gasteiger partial charge < -0.3 is 10.6 Å². The zero-order chi connectivity index (χ0) is 18.1. The van der Waals surface area contributed by atoms with E-state index in [0.717, 1.165) is 49.5 Å². The molecule has 1 saturated heterocycles. The van der Waals surface area contributed by atoms with Gasteiger partial charge in [0.2, 0.25) is 5.91 Å². The molecule has 7 nitrogen and oxygen atoms in total. The first-order valence-electron chi connectivity index (χ1n) is 9.18. The minimum absolute atomic E-state index is 0.116. The number of nitrogens with zero attached hydrogens (tertiary/aromatic N) is 4. The van der Waals surface area contributed by atoms with Crippen LogP contribution in [0, 0.1) is 0 Å². The lowest BCUT2D eigenvalue weighted by atomic mass is 10.0. The molecule has 1 amide bonds. The van der Waals surface area contributed by atoms with Crippen molar-refractivity contribution in [2.75, 3.05) is 18.4 Å². The van der Waals surface area contributed by atoms with E-state index in [4.69, 9.17) is 11.6 Å². The second-order valence-corrected chi connectivity index (χ2v) is 7.56. The minimum Gasteiger partial charge on any atom is -0.364 e. The van der Waals surface area contributed by atoms with Crippen molar-refractivity contribution < 1.29 is 4.79 Å². The van der Waals surface area contributed by atoms with E-state index in [1.807, 2.05) is 13.0 Å². The van der Waals surface area contributed by atoms with Crippen LogP contribution in [-0.2, 0) is 4.79 Å². The third kappa shape index (κ3) is 3.73. The van der Waals surface area contributed by atoms with Gasteiger partial charge >= 0.3 is 0 Å². The number of carbonyl (C=O) groups is 1. The second-order valence-electron chi connectivity index (χ2n) is 7.20. The minimum atomic E-state index is -0.116. The molecule has 2 N–H and O–H groups in total. The lowest BCUT2D eigenvalue weighted by Gasteiger charge is -2.36. The Morgan fingerprint density at radius 3 is 2.92 bits per heavy atom. The Balaban J connectivity index is 1.45. The number of likely N-dealkylation sites (tertiary alicyclic amines) is 1. The number of anilines is 1. The third-order valence-corrected chi connectivity index (χ3v) is 5.46. The molecule has 2 aliphatic rings. The number of rotatable bonds is 5. The number of piperidine rings is 1. The van der Waals surface area contributed by atoms with Gasteiger partial charge in [0.15, 0.2) is 11.0 Å². The van der Waals surface area contributed by atoms with Gasteiger partial charge in [-0.25, -0.2) is 0 Å². The van der Waals surface area contributed by atoms with Crippen LogP contribution in [0.2, 0.25) is 5.15 Å². The summed E-state index contributed by atoms with van der Waals surface area (Å²) in [6.45, 7) is 3.72. The Morgan fingerprint density at radius 2 is 2.12 bits per heavy atom. The first-order valence-corrected chi connectivity index (χ1v) is 9.56. The summed E-state index contributed by atoms with van der Waals surface area (Å²) in [5.41, 5.74) is 0. The van der Waals surface area contributed by atoms with Gasteiger partial charge in [0.05, 0.1) is 6.04 Å². The van der Waals surface area contributed by atoms with E-state index in [1.165, 1.54) is 0 Å². The van der Waals surface area contributed by atoms with Crippen LogP contribution in [0.5, 0.6) is 0 Å². The van der Waals surface area contributed by atoms with Crippen molar-refractivity contribution in [3.8, 4) is 0 Å².